The Bertz CT molecular complexity index is 186. The molecule has 0 aromatic heterocycles. The van der Waals surface area contributed by atoms with Gasteiger partial charge in [0.15, 0.2) is 0 Å². The fourth-order valence-electron chi connectivity index (χ4n) is 2.53. The van der Waals surface area contributed by atoms with Crippen LogP contribution in [0, 0.1) is 0 Å². The van der Waals surface area contributed by atoms with Crippen LogP contribution >= 0.6 is 0 Å². The van der Waals surface area contributed by atoms with Crippen molar-refractivity contribution < 1.29 is 0 Å². The highest BCUT2D eigenvalue weighted by Crippen LogP contribution is 2.11. The lowest BCUT2D eigenvalue weighted by molar-refractivity contribution is 0.497. The maximum Gasteiger partial charge on any atom is 0.0250 e. The first kappa shape index (κ1) is 14.8. The van der Waals surface area contributed by atoms with Gasteiger partial charge in [0.05, 0.1) is 0 Å². The molecule has 0 saturated carbocycles. The standard InChI is InChI=1S/C16H31N/c1-2-3-4-5-6-7-8-12-15-17-16-13-10-9-11-14-16/h10,13,16-17H,2-9,11-12,14-15H2,1H3. The molecule has 0 saturated heterocycles. The number of hydrogen-bond acceptors (Lipinski definition) is 1. The van der Waals surface area contributed by atoms with E-state index in [1.807, 2.05) is 0 Å². The van der Waals surface area contributed by atoms with Crippen molar-refractivity contribution in [1.29, 1.82) is 0 Å². The summed E-state index contributed by atoms with van der Waals surface area (Å²) in [5, 5.41) is 3.65. The molecule has 0 fully saturated rings. The highest BCUT2D eigenvalue weighted by Gasteiger charge is 2.05. The molecule has 100 valence electrons. The molecule has 0 aromatic rings. The third kappa shape index (κ3) is 8.43. The van der Waals surface area contributed by atoms with Crippen molar-refractivity contribution in [2.75, 3.05) is 6.54 Å². The zero-order valence-corrected chi connectivity index (χ0v) is 11.7. The van der Waals surface area contributed by atoms with Gasteiger partial charge < -0.3 is 5.32 Å². The molecule has 0 spiro atoms. The van der Waals surface area contributed by atoms with E-state index in [1.165, 1.54) is 77.2 Å². The van der Waals surface area contributed by atoms with Gasteiger partial charge in [-0.1, -0.05) is 64.0 Å². The molecule has 1 aliphatic carbocycles. The lowest BCUT2D eigenvalue weighted by Crippen LogP contribution is -2.29. The van der Waals surface area contributed by atoms with E-state index in [1.54, 1.807) is 0 Å². The SMILES string of the molecule is CCCCCCCCCCNC1C=CCCC1. The van der Waals surface area contributed by atoms with E-state index in [9.17, 15) is 0 Å². The molecule has 0 aliphatic heterocycles. The van der Waals surface area contributed by atoms with Crippen molar-refractivity contribution >= 4 is 0 Å². The Labute approximate surface area is 108 Å². The van der Waals surface area contributed by atoms with E-state index < -0.39 is 0 Å². The topological polar surface area (TPSA) is 12.0 Å². The maximum absolute atomic E-state index is 3.65. The molecule has 1 heteroatoms. The summed E-state index contributed by atoms with van der Waals surface area (Å²) in [6.07, 6.45) is 20.0. The number of rotatable bonds is 10. The van der Waals surface area contributed by atoms with Crippen LogP contribution in [0.15, 0.2) is 12.2 Å². The fourth-order valence-corrected chi connectivity index (χ4v) is 2.53. The monoisotopic (exact) mass is 237 g/mol. The quantitative estimate of drug-likeness (QED) is 0.424. The van der Waals surface area contributed by atoms with E-state index in [4.69, 9.17) is 0 Å². The molecule has 17 heavy (non-hydrogen) atoms. The van der Waals surface area contributed by atoms with Crippen LogP contribution in [0.1, 0.15) is 77.6 Å². The van der Waals surface area contributed by atoms with Gasteiger partial charge in [-0.15, -0.1) is 0 Å². The highest BCUT2D eigenvalue weighted by atomic mass is 14.9. The molecule has 0 bridgehead atoms. The van der Waals surface area contributed by atoms with Gasteiger partial charge in [-0.05, 0) is 32.2 Å². The Morgan fingerprint density at radius 2 is 1.71 bits per heavy atom. The molecule has 1 nitrogen and oxygen atoms in total. The summed E-state index contributed by atoms with van der Waals surface area (Å²) in [4.78, 5) is 0. The van der Waals surface area contributed by atoms with Gasteiger partial charge in [0.25, 0.3) is 0 Å². The molecule has 0 heterocycles. The van der Waals surface area contributed by atoms with Crippen LogP contribution in [-0.4, -0.2) is 12.6 Å². The minimum Gasteiger partial charge on any atom is -0.311 e. The Morgan fingerprint density at radius 3 is 2.35 bits per heavy atom. The molecule has 0 amide bonds. The van der Waals surface area contributed by atoms with Gasteiger partial charge in [0.2, 0.25) is 0 Å². The zero-order chi connectivity index (χ0) is 12.2. The fraction of sp³-hybridized carbons (Fsp3) is 0.875. The van der Waals surface area contributed by atoms with E-state index in [0.29, 0.717) is 6.04 Å². The van der Waals surface area contributed by atoms with Crippen molar-refractivity contribution in [2.24, 2.45) is 0 Å². The molecular formula is C16H31N. The largest absolute Gasteiger partial charge is 0.311 e. The lowest BCUT2D eigenvalue weighted by atomic mass is 10.0. The van der Waals surface area contributed by atoms with Crippen LogP contribution < -0.4 is 5.32 Å². The van der Waals surface area contributed by atoms with E-state index in [2.05, 4.69) is 24.4 Å². The summed E-state index contributed by atoms with van der Waals surface area (Å²) in [5.41, 5.74) is 0. The second kappa shape index (κ2) is 10.8. The molecule has 1 aliphatic rings. The second-order valence-corrected chi connectivity index (χ2v) is 5.39. The van der Waals surface area contributed by atoms with Crippen molar-refractivity contribution in [2.45, 2.75) is 83.6 Å². The van der Waals surface area contributed by atoms with Gasteiger partial charge >= 0.3 is 0 Å². The van der Waals surface area contributed by atoms with Crippen LogP contribution in [-0.2, 0) is 0 Å². The Morgan fingerprint density at radius 1 is 1.00 bits per heavy atom. The summed E-state index contributed by atoms with van der Waals surface area (Å²) in [6.45, 7) is 3.50. The van der Waals surface area contributed by atoms with E-state index in [-0.39, 0.29) is 0 Å². The number of nitrogens with one attached hydrogen (secondary N) is 1. The van der Waals surface area contributed by atoms with Gasteiger partial charge in [-0.3, -0.25) is 0 Å². The average Bonchev–Trinajstić information content (AvgIpc) is 2.38. The molecule has 1 unspecified atom stereocenters. The summed E-state index contributed by atoms with van der Waals surface area (Å²) in [7, 11) is 0. The number of hydrogen-bond donors (Lipinski definition) is 1. The summed E-state index contributed by atoms with van der Waals surface area (Å²) >= 11 is 0. The van der Waals surface area contributed by atoms with Gasteiger partial charge in [-0.25, -0.2) is 0 Å². The van der Waals surface area contributed by atoms with Crippen LogP contribution in [0.4, 0.5) is 0 Å². The molecular weight excluding hydrogens is 206 g/mol. The number of allylic oxidation sites excluding steroid dienone is 1. The van der Waals surface area contributed by atoms with Crippen molar-refractivity contribution in [3.8, 4) is 0 Å². The summed E-state index contributed by atoms with van der Waals surface area (Å²) < 4.78 is 0. The molecule has 1 rings (SSSR count). The highest BCUT2D eigenvalue weighted by molar-refractivity contribution is 4.97. The molecule has 0 aromatic carbocycles. The van der Waals surface area contributed by atoms with Crippen LogP contribution in [0.3, 0.4) is 0 Å². The molecule has 0 radical (unpaired) electrons. The minimum atomic E-state index is 0.674. The number of unbranched alkanes of at least 4 members (excludes halogenated alkanes) is 7. The van der Waals surface area contributed by atoms with Crippen LogP contribution in [0.5, 0.6) is 0 Å². The van der Waals surface area contributed by atoms with Crippen LogP contribution in [0.2, 0.25) is 0 Å². The van der Waals surface area contributed by atoms with Gasteiger partial charge in [0, 0.05) is 6.04 Å². The Hall–Kier alpha value is -0.300. The lowest BCUT2D eigenvalue weighted by Gasteiger charge is -2.17. The maximum atomic E-state index is 3.65. The van der Waals surface area contributed by atoms with Crippen molar-refractivity contribution in [3.05, 3.63) is 12.2 Å². The second-order valence-electron chi connectivity index (χ2n) is 5.39. The van der Waals surface area contributed by atoms with Crippen LogP contribution in [0.25, 0.3) is 0 Å². The summed E-state index contributed by atoms with van der Waals surface area (Å²) in [5.74, 6) is 0. The van der Waals surface area contributed by atoms with Gasteiger partial charge in [-0.2, -0.15) is 0 Å². The average molecular weight is 237 g/mol. The van der Waals surface area contributed by atoms with Crippen molar-refractivity contribution in [1.82, 2.24) is 5.32 Å². The summed E-state index contributed by atoms with van der Waals surface area (Å²) in [6, 6.07) is 0.674. The Balaban J connectivity index is 1.78. The normalized spacial score (nSPS) is 19.7. The first-order valence-corrected chi connectivity index (χ1v) is 7.83. The zero-order valence-electron chi connectivity index (χ0n) is 11.7. The molecule has 1 atom stereocenters. The predicted octanol–water partition coefficient (Wildman–Crippen LogP) is 4.83. The first-order chi connectivity index (χ1) is 8.43. The van der Waals surface area contributed by atoms with E-state index in [0.717, 1.165) is 0 Å². The predicted molar refractivity (Wildman–Crippen MR) is 77.4 cm³/mol. The molecule has 1 N–H and O–H groups in total. The Kier molecular flexibility index (Phi) is 9.40. The third-order valence-electron chi connectivity index (χ3n) is 3.69. The first-order valence-electron chi connectivity index (χ1n) is 7.83. The van der Waals surface area contributed by atoms with Crippen molar-refractivity contribution in [3.63, 3.8) is 0 Å². The van der Waals surface area contributed by atoms with E-state index >= 15 is 0 Å². The smallest absolute Gasteiger partial charge is 0.0250 e. The van der Waals surface area contributed by atoms with Gasteiger partial charge in [0.1, 0.15) is 0 Å². The third-order valence-corrected chi connectivity index (χ3v) is 3.69. The minimum absolute atomic E-state index is 0.674.